The minimum absolute atomic E-state index is 0.0133. The van der Waals surface area contributed by atoms with Gasteiger partial charge in [-0.15, -0.1) is 0 Å². The maximum absolute atomic E-state index is 12.8. The normalized spacial score (nSPS) is 16.3. The Labute approximate surface area is 153 Å². The molecule has 0 saturated carbocycles. The van der Waals surface area contributed by atoms with E-state index < -0.39 is 23.7 Å². The second-order valence-electron chi connectivity index (χ2n) is 6.25. The van der Waals surface area contributed by atoms with Crippen LogP contribution in [0.25, 0.3) is 0 Å². The van der Waals surface area contributed by atoms with Crippen molar-refractivity contribution in [1.29, 1.82) is 0 Å². The molecule has 2 aromatic rings. The number of halogens is 3. The van der Waals surface area contributed by atoms with E-state index in [1.807, 2.05) is 0 Å². The van der Waals surface area contributed by atoms with Crippen LogP contribution >= 0.6 is 0 Å². The van der Waals surface area contributed by atoms with Gasteiger partial charge in [-0.2, -0.15) is 18.3 Å². The first-order chi connectivity index (χ1) is 12.8. The predicted molar refractivity (Wildman–Crippen MR) is 88.7 cm³/mol. The van der Waals surface area contributed by atoms with Gasteiger partial charge in [-0.1, -0.05) is 6.07 Å². The third-order valence-electron chi connectivity index (χ3n) is 4.51. The van der Waals surface area contributed by atoms with Gasteiger partial charge < -0.3 is 9.80 Å². The number of amides is 2. The summed E-state index contributed by atoms with van der Waals surface area (Å²) in [4.78, 5) is 31.9. The molecule has 3 rings (SSSR count). The van der Waals surface area contributed by atoms with Crippen molar-refractivity contribution in [2.45, 2.75) is 19.1 Å². The lowest BCUT2D eigenvalue weighted by Crippen LogP contribution is -2.52. The van der Waals surface area contributed by atoms with Crippen molar-refractivity contribution in [3.63, 3.8) is 0 Å². The Hall–Kier alpha value is -2.91. The zero-order chi connectivity index (χ0) is 19.6. The lowest BCUT2D eigenvalue weighted by Gasteiger charge is -2.36. The van der Waals surface area contributed by atoms with E-state index in [-0.39, 0.29) is 24.6 Å². The standard InChI is InChI=1S/C17H18F3N5O2/c1-12(25-11-21-10-22-25)15(26)23-5-7-24(8-6-23)16(27)13-3-2-4-14(9-13)17(18,19)20/h2-4,9-12H,5-8H2,1H3/t12-/m0/s1. The fourth-order valence-electron chi connectivity index (χ4n) is 2.94. The number of hydrogen-bond donors (Lipinski definition) is 0. The quantitative estimate of drug-likeness (QED) is 0.814. The second kappa shape index (κ2) is 7.37. The molecule has 0 radical (unpaired) electrons. The van der Waals surface area contributed by atoms with Crippen LogP contribution in [0.3, 0.4) is 0 Å². The summed E-state index contributed by atoms with van der Waals surface area (Å²) in [5.41, 5.74) is -0.871. The molecule has 0 bridgehead atoms. The molecule has 10 heteroatoms. The third kappa shape index (κ3) is 4.09. The molecular weight excluding hydrogens is 363 g/mol. The fourth-order valence-corrected chi connectivity index (χ4v) is 2.94. The number of hydrogen-bond acceptors (Lipinski definition) is 4. The van der Waals surface area contributed by atoms with Crippen LogP contribution in [0.15, 0.2) is 36.9 Å². The maximum atomic E-state index is 12.8. The molecule has 0 N–H and O–H groups in total. The molecule has 0 spiro atoms. The number of alkyl halides is 3. The highest BCUT2D eigenvalue weighted by molar-refractivity contribution is 5.94. The summed E-state index contributed by atoms with van der Waals surface area (Å²) < 4.78 is 39.9. The van der Waals surface area contributed by atoms with Crippen LogP contribution in [0.4, 0.5) is 13.2 Å². The lowest BCUT2D eigenvalue weighted by molar-refractivity contribution is -0.138. The molecular formula is C17H18F3N5O2. The van der Waals surface area contributed by atoms with Crippen LogP contribution in [-0.2, 0) is 11.0 Å². The second-order valence-corrected chi connectivity index (χ2v) is 6.25. The number of nitrogens with zero attached hydrogens (tertiary/aromatic N) is 5. The van der Waals surface area contributed by atoms with Crippen LogP contribution in [-0.4, -0.2) is 62.6 Å². The Kier molecular flexibility index (Phi) is 5.15. The first-order valence-corrected chi connectivity index (χ1v) is 8.37. The number of carbonyl (C=O) groups is 2. The number of rotatable bonds is 3. The van der Waals surface area contributed by atoms with Crippen molar-refractivity contribution in [3.8, 4) is 0 Å². The molecule has 1 fully saturated rings. The van der Waals surface area contributed by atoms with Crippen LogP contribution in [0.1, 0.15) is 28.9 Å². The number of carbonyl (C=O) groups excluding carboxylic acids is 2. The maximum Gasteiger partial charge on any atom is 0.416 e. The van der Waals surface area contributed by atoms with E-state index in [1.54, 1.807) is 11.8 Å². The van der Waals surface area contributed by atoms with E-state index in [0.717, 1.165) is 12.1 Å². The first-order valence-electron chi connectivity index (χ1n) is 8.37. The molecule has 1 saturated heterocycles. The highest BCUT2D eigenvalue weighted by Crippen LogP contribution is 2.29. The summed E-state index contributed by atoms with van der Waals surface area (Å²) in [5, 5.41) is 3.94. The van der Waals surface area contributed by atoms with Gasteiger partial charge in [-0.3, -0.25) is 9.59 Å². The van der Waals surface area contributed by atoms with Gasteiger partial charge in [0.2, 0.25) is 5.91 Å². The molecule has 27 heavy (non-hydrogen) atoms. The van der Waals surface area contributed by atoms with E-state index in [2.05, 4.69) is 10.1 Å². The summed E-state index contributed by atoms with van der Waals surface area (Å²) >= 11 is 0. The molecule has 2 amide bonds. The highest BCUT2D eigenvalue weighted by atomic mass is 19.4. The number of aromatic nitrogens is 3. The molecule has 1 aromatic carbocycles. The van der Waals surface area contributed by atoms with E-state index in [1.165, 1.54) is 34.4 Å². The Morgan fingerprint density at radius 2 is 1.78 bits per heavy atom. The number of benzene rings is 1. The van der Waals surface area contributed by atoms with Gasteiger partial charge in [0.05, 0.1) is 5.56 Å². The SMILES string of the molecule is C[C@@H](C(=O)N1CCN(C(=O)c2cccc(C(F)(F)F)c2)CC1)n1cncn1. The van der Waals surface area contributed by atoms with Crippen LogP contribution in [0, 0.1) is 0 Å². The van der Waals surface area contributed by atoms with Crippen LogP contribution in [0.2, 0.25) is 0 Å². The minimum Gasteiger partial charge on any atom is -0.337 e. The smallest absolute Gasteiger partial charge is 0.337 e. The molecule has 0 aliphatic carbocycles. The molecule has 7 nitrogen and oxygen atoms in total. The Morgan fingerprint density at radius 1 is 1.11 bits per heavy atom. The van der Waals surface area contributed by atoms with Gasteiger partial charge >= 0.3 is 6.18 Å². The lowest BCUT2D eigenvalue weighted by atomic mass is 10.1. The van der Waals surface area contributed by atoms with Crippen LogP contribution in [0.5, 0.6) is 0 Å². The average Bonchev–Trinajstić information content (AvgIpc) is 3.20. The summed E-state index contributed by atoms with van der Waals surface area (Å²) in [5.74, 6) is -0.621. The Balaban J connectivity index is 1.62. The van der Waals surface area contributed by atoms with E-state index in [4.69, 9.17) is 0 Å². The van der Waals surface area contributed by atoms with E-state index in [0.29, 0.717) is 13.1 Å². The van der Waals surface area contributed by atoms with E-state index >= 15 is 0 Å². The van der Waals surface area contributed by atoms with Crippen LogP contribution < -0.4 is 0 Å². The molecule has 0 unspecified atom stereocenters. The summed E-state index contributed by atoms with van der Waals surface area (Å²) in [6, 6.07) is 3.85. The Bertz CT molecular complexity index is 814. The van der Waals surface area contributed by atoms with Crippen molar-refractivity contribution in [2.24, 2.45) is 0 Å². The molecule has 144 valence electrons. The molecule has 2 heterocycles. The first kappa shape index (κ1) is 18.9. The van der Waals surface area contributed by atoms with Crippen molar-refractivity contribution in [2.75, 3.05) is 26.2 Å². The van der Waals surface area contributed by atoms with Crippen molar-refractivity contribution < 1.29 is 22.8 Å². The van der Waals surface area contributed by atoms with E-state index in [9.17, 15) is 22.8 Å². The molecule has 1 aromatic heterocycles. The monoisotopic (exact) mass is 381 g/mol. The zero-order valence-electron chi connectivity index (χ0n) is 14.6. The van der Waals surface area contributed by atoms with Crippen molar-refractivity contribution in [3.05, 3.63) is 48.0 Å². The minimum atomic E-state index is -4.50. The van der Waals surface area contributed by atoms with Gasteiger partial charge in [-0.25, -0.2) is 9.67 Å². The average molecular weight is 381 g/mol. The number of piperazine rings is 1. The zero-order valence-corrected chi connectivity index (χ0v) is 14.6. The molecule has 1 aliphatic rings. The van der Waals surface area contributed by atoms with Gasteiger partial charge in [0.25, 0.3) is 5.91 Å². The topological polar surface area (TPSA) is 71.3 Å². The summed E-state index contributed by atoms with van der Waals surface area (Å²) in [6.07, 6.45) is -1.70. The van der Waals surface area contributed by atoms with Gasteiger partial charge in [0.15, 0.2) is 0 Å². The highest BCUT2D eigenvalue weighted by Gasteiger charge is 2.32. The van der Waals surface area contributed by atoms with Crippen molar-refractivity contribution in [1.82, 2.24) is 24.6 Å². The fraction of sp³-hybridized carbons (Fsp3) is 0.412. The van der Waals surface area contributed by atoms with Gasteiger partial charge in [-0.05, 0) is 25.1 Å². The largest absolute Gasteiger partial charge is 0.416 e. The summed E-state index contributed by atoms with van der Waals surface area (Å²) in [6.45, 7) is 2.83. The summed E-state index contributed by atoms with van der Waals surface area (Å²) in [7, 11) is 0. The Morgan fingerprint density at radius 3 is 2.37 bits per heavy atom. The molecule has 1 atom stereocenters. The predicted octanol–water partition coefficient (Wildman–Crippen LogP) is 1.84. The van der Waals surface area contributed by atoms with Gasteiger partial charge in [0.1, 0.15) is 18.7 Å². The third-order valence-corrected chi connectivity index (χ3v) is 4.51. The van der Waals surface area contributed by atoms with Gasteiger partial charge in [0, 0.05) is 31.7 Å². The molecule has 1 aliphatic heterocycles. The van der Waals surface area contributed by atoms with Crippen molar-refractivity contribution >= 4 is 11.8 Å².